The maximum Gasteiger partial charge on any atom is 0.352 e. The Kier molecular flexibility index (Phi) is 4.10. The van der Waals surface area contributed by atoms with Gasteiger partial charge in [-0.25, -0.2) is 4.79 Å². The van der Waals surface area contributed by atoms with Gasteiger partial charge in [-0.15, -0.1) is 11.8 Å². The molecule has 1 saturated heterocycles. The Hall–Kier alpha value is -2.32. The van der Waals surface area contributed by atoms with Crippen molar-refractivity contribution >= 4 is 29.5 Å². The first-order valence-electron chi connectivity index (χ1n) is 6.99. The van der Waals surface area contributed by atoms with Crippen molar-refractivity contribution in [3.63, 3.8) is 0 Å². The lowest BCUT2D eigenvalue weighted by Crippen LogP contribution is -2.70. The standard InChI is InChI=1S/C15H15N3O4S/c16-10(8-4-2-1-3-5-8)12(19)17-11-13(20)18-9(15(21)22)6-7-23-14(11)18/h1-6,10-11,14H,7,16H2,(H,17,19)(H,21,22)/t10-,11+,14-/m0/s1. The number of carbonyl (C=O) groups excluding carboxylic acids is 2. The second-order valence-corrected chi connectivity index (χ2v) is 6.35. The molecule has 0 spiro atoms. The number of aliphatic carboxylic acids is 1. The van der Waals surface area contributed by atoms with Crippen LogP contribution in [0.1, 0.15) is 11.6 Å². The van der Waals surface area contributed by atoms with Gasteiger partial charge in [0.2, 0.25) is 5.91 Å². The van der Waals surface area contributed by atoms with Crippen LogP contribution in [0, 0.1) is 0 Å². The minimum atomic E-state index is -1.14. The zero-order valence-electron chi connectivity index (χ0n) is 12.0. The highest BCUT2D eigenvalue weighted by atomic mass is 32.2. The topological polar surface area (TPSA) is 113 Å². The number of nitrogens with two attached hydrogens (primary N) is 1. The van der Waals surface area contributed by atoms with Crippen LogP contribution in [0.25, 0.3) is 0 Å². The molecule has 4 N–H and O–H groups in total. The number of carbonyl (C=O) groups is 3. The van der Waals surface area contributed by atoms with Gasteiger partial charge in [0.25, 0.3) is 5.91 Å². The van der Waals surface area contributed by atoms with Gasteiger partial charge in [0.05, 0.1) is 0 Å². The van der Waals surface area contributed by atoms with E-state index >= 15 is 0 Å². The molecule has 0 aromatic heterocycles. The Morgan fingerprint density at radius 2 is 2.04 bits per heavy atom. The molecule has 2 heterocycles. The number of rotatable bonds is 4. The van der Waals surface area contributed by atoms with Crippen LogP contribution in [-0.4, -0.2) is 45.0 Å². The monoisotopic (exact) mass is 333 g/mol. The Labute approximate surface area is 136 Å². The summed E-state index contributed by atoms with van der Waals surface area (Å²) >= 11 is 1.41. The number of carboxylic acid groups (broad SMARTS) is 1. The highest BCUT2D eigenvalue weighted by Crippen LogP contribution is 2.37. The zero-order chi connectivity index (χ0) is 16.6. The molecule has 7 nitrogen and oxygen atoms in total. The number of nitrogens with one attached hydrogen (secondary N) is 1. The number of hydrogen-bond donors (Lipinski definition) is 3. The highest BCUT2D eigenvalue weighted by molar-refractivity contribution is 8.00. The van der Waals surface area contributed by atoms with Crippen LogP contribution in [0.4, 0.5) is 0 Å². The van der Waals surface area contributed by atoms with Gasteiger partial charge < -0.3 is 16.2 Å². The number of thioether (sulfide) groups is 1. The van der Waals surface area contributed by atoms with E-state index in [4.69, 9.17) is 10.8 Å². The average Bonchev–Trinajstić information content (AvgIpc) is 2.58. The van der Waals surface area contributed by atoms with Crippen LogP contribution in [0.2, 0.25) is 0 Å². The normalized spacial score (nSPS) is 24.1. The third-order valence-electron chi connectivity index (χ3n) is 3.80. The molecule has 2 aliphatic rings. The van der Waals surface area contributed by atoms with E-state index in [2.05, 4.69) is 5.32 Å². The first-order valence-corrected chi connectivity index (χ1v) is 8.04. The number of carboxylic acids is 1. The summed E-state index contributed by atoms with van der Waals surface area (Å²) in [6.07, 6.45) is 1.50. The summed E-state index contributed by atoms with van der Waals surface area (Å²) < 4.78 is 0. The van der Waals surface area contributed by atoms with Gasteiger partial charge in [-0.1, -0.05) is 30.3 Å². The summed E-state index contributed by atoms with van der Waals surface area (Å²) in [5, 5.41) is 11.3. The van der Waals surface area contributed by atoms with Crippen LogP contribution in [0.3, 0.4) is 0 Å². The van der Waals surface area contributed by atoms with E-state index in [1.165, 1.54) is 22.7 Å². The molecule has 0 bridgehead atoms. The lowest BCUT2D eigenvalue weighted by molar-refractivity contribution is -0.150. The molecule has 1 fully saturated rings. The maximum atomic E-state index is 12.2. The molecule has 1 aromatic rings. The van der Waals surface area contributed by atoms with Crippen molar-refractivity contribution in [1.82, 2.24) is 10.2 Å². The van der Waals surface area contributed by atoms with E-state index in [-0.39, 0.29) is 5.70 Å². The minimum Gasteiger partial charge on any atom is -0.477 e. The third kappa shape index (κ3) is 2.71. The summed E-state index contributed by atoms with van der Waals surface area (Å²) in [4.78, 5) is 36.7. The Balaban J connectivity index is 1.68. The molecule has 2 amide bonds. The SMILES string of the molecule is N[C@H](C(=O)N[C@@H]1C(=O)N2C(C(=O)O)=CCS[C@@H]12)c1ccccc1. The molecule has 120 valence electrons. The van der Waals surface area contributed by atoms with Crippen LogP contribution in [0.5, 0.6) is 0 Å². The Morgan fingerprint density at radius 1 is 1.35 bits per heavy atom. The predicted octanol–water partition coefficient (Wildman–Crippen LogP) is 0.0548. The minimum absolute atomic E-state index is 0.0309. The van der Waals surface area contributed by atoms with E-state index in [0.29, 0.717) is 11.3 Å². The molecule has 1 aromatic carbocycles. The lowest BCUT2D eigenvalue weighted by Gasteiger charge is -2.48. The number of amides is 2. The van der Waals surface area contributed by atoms with E-state index in [0.717, 1.165) is 0 Å². The fourth-order valence-electron chi connectivity index (χ4n) is 2.59. The fourth-order valence-corrected chi connectivity index (χ4v) is 3.79. The quantitative estimate of drug-likeness (QED) is 0.671. The molecule has 3 atom stereocenters. The van der Waals surface area contributed by atoms with Crippen molar-refractivity contribution in [1.29, 1.82) is 0 Å². The largest absolute Gasteiger partial charge is 0.477 e. The van der Waals surface area contributed by atoms with Crippen molar-refractivity contribution in [3.8, 4) is 0 Å². The number of β-lactam (4-membered cyclic amide) rings is 1. The molecule has 8 heteroatoms. The first-order chi connectivity index (χ1) is 11.0. The van der Waals surface area contributed by atoms with E-state index in [1.807, 2.05) is 6.07 Å². The van der Waals surface area contributed by atoms with E-state index in [1.54, 1.807) is 24.3 Å². The second-order valence-electron chi connectivity index (χ2n) is 5.20. The molecule has 3 rings (SSSR count). The molecule has 0 saturated carbocycles. The zero-order valence-corrected chi connectivity index (χ0v) is 12.8. The van der Waals surface area contributed by atoms with Crippen molar-refractivity contribution in [2.75, 3.05) is 5.75 Å². The number of hydrogen-bond acceptors (Lipinski definition) is 5. The van der Waals surface area contributed by atoms with Crippen molar-refractivity contribution < 1.29 is 19.5 Å². The Morgan fingerprint density at radius 3 is 2.70 bits per heavy atom. The molecule has 0 radical (unpaired) electrons. The van der Waals surface area contributed by atoms with Crippen LogP contribution in [0.15, 0.2) is 42.1 Å². The van der Waals surface area contributed by atoms with Gasteiger partial charge >= 0.3 is 5.97 Å². The maximum absolute atomic E-state index is 12.2. The van der Waals surface area contributed by atoms with Gasteiger partial charge in [0.15, 0.2) is 0 Å². The van der Waals surface area contributed by atoms with Crippen LogP contribution >= 0.6 is 11.8 Å². The molecule has 0 aliphatic carbocycles. The third-order valence-corrected chi connectivity index (χ3v) is 4.99. The summed E-state index contributed by atoms with van der Waals surface area (Å²) in [5.74, 6) is -1.55. The summed E-state index contributed by atoms with van der Waals surface area (Å²) in [6, 6.07) is 7.23. The van der Waals surface area contributed by atoms with E-state index in [9.17, 15) is 14.4 Å². The molecular formula is C15H15N3O4S. The summed E-state index contributed by atoms with van der Waals surface area (Å²) in [7, 11) is 0. The average molecular weight is 333 g/mol. The number of fused-ring (bicyclic) bond motifs is 1. The van der Waals surface area contributed by atoms with Crippen molar-refractivity contribution in [2.24, 2.45) is 5.73 Å². The van der Waals surface area contributed by atoms with Gasteiger partial charge in [0, 0.05) is 5.75 Å². The van der Waals surface area contributed by atoms with Crippen molar-refractivity contribution in [3.05, 3.63) is 47.7 Å². The van der Waals surface area contributed by atoms with Crippen molar-refractivity contribution in [2.45, 2.75) is 17.5 Å². The molecule has 0 unspecified atom stereocenters. The number of benzene rings is 1. The van der Waals surface area contributed by atoms with Crippen LogP contribution in [-0.2, 0) is 14.4 Å². The van der Waals surface area contributed by atoms with Crippen LogP contribution < -0.4 is 11.1 Å². The lowest BCUT2D eigenvalue weighted by atomic mass is 10.0. The summed E-state index contributed by atoms with van der Waals surface area (Å²) in [5.41, 5.74) is 6.52. The summed E-state index contributed by atoms with van der Waals surface area (Å²) in [6.45, 7) is 0. The van der Waals surface area contributed by atoms with Gasteiger partial charge in [-0.2, -0.15) is 0 Å². The highest BCUT2D eigenvalue weighted by Gasteiger charge is 2.52. The number of nitrogens with zero attached hydrogens (tertiary/aromatic N) is 1. The van der Waals surface area contributed by atoms with Gasteiger partial charge in [0.1, 0.15) is 23.2 Å². The van der Waals surface area contributed by atoms with E-state index < -0.39 is 35.2 Å². The fraction of sp³-hybridized carbons (Fsp3) is 0.267. The molecule has 2 aliphatic heterocycles. The molecular weight excluding hydrogens is 318 g/mol. The first kappa shape index (κ1) is 15.6. The second kappa shape index (κ2) is 6.05. The van der Waals surface area contributed by atoms with Gasteiger partial charge in [-0.05, 0) is 11.6 Å². The smallest absolute Gasteiger partial charge is 0.352 e. The predicted molar refractivity (Wildman–Crippen MR) is 84.1 cm³/mol. The molecule has 23 heavy (non-hydrogen) atoms. The van der Waals surface area contributed by atoms with Gasteiger partial charge in [-0.3, -0.25) is 14.5 Å². The Bertz CT molecular complexity index is 691.